The van der Waals surface area contributed by atoms with Gasteiger partial charge in [-0.1, -0.05) is 6.07 Å². The molecule has 0 saturated heterocycles. The van der Waals surface area contributed by atoms with Crippen molar-refractivity contribution < 1.29 is 17.2 Å². The van der Waals surface area contributed by atoms with Crippen LogP contribution in [0.5, 0.6) is 0 Å². The standard InChI is InChI=1S/C15H13FN2O3S/c16-12-2-4-13(5-3-12)22(19,20)18-8-7-11-1-6-14-15(9-11)21-10-17-14/h1-6,9-10,18H,7-8H2. The minimum absolute atomic E-state index is 0.0413. The number of hydrogen-bond donors (Lipinski definition) is 1. The molecular formula is C15H13FN2O3S. The number of fused-ring (bicyclic) bond motifs is 1. The Balaban J connectivity index is 1.65. The predicted octanol–water partition coefficient (Wildman–Crippen LogP) is 2.49. The smallest absolute Gasteiger partial charge is 0.240 e. The summed E-state index contributed by atoms with van der Waals surface area (Å²) in [6.07, 6.45) is 1.88. The summed E-state index contributed by atoms with van der Waals surface area (Å²) in [5.74, 6) is -0.473. The number of nitrogens with zero attached hydrogens (tertiary/aromatic N) is 1. The molecule has 0 atom stereocenters. The number of nitrogens with one attached hydrogen (secondary N) is 1. The molecule has 114 valence electrons. The van der Waals surface area contributed by atoms with Crippen LogP contribution < -0.4 is 4.72 Å². The molecule has 0 aliphatic carbocycles. The Labute approximate surface area is 126 Å². The minimum atomic E-state index is -3.63. The number of rotatable bonds is 5. The fourth-order valence-electron chi connectivity index (χ4n) is 2.08. The van der Waals surface area contributed by atoms with Crippen LogP contribution in [0.25, 0.3) is 11.1 Å². The fraction of sp³-hybridized carbons (Fsp3) is 0.133. The van der Waals surface area contributed by atoms with Gasteiger partial charge in [-0.05, 0) is 48.4 Å². The zero-order valence-electron chi connectivity index (χ0n) is 11.5. The van der Waals surface area contributed by atoms with Gasteiger partial charge in [0, 0.05) is 6.54 Å². The van der Waals surface area contributed by atoms with Crippen LogP contribution in [0.1, 0.15) is 5.56 Å². The van der Waals surface area contributed by atoms with Gasteiger partial charge in [0.2, 0.25) is 10.0 Å². The van der Waals surface area contributed by atoms with E-state index in [1.807, 2.05) is 18.2 Å². The summed E-state index contributed by atoms with van der Waals surface area (Å²) in [5.41, 5.74) is 2.36. The SMILES string of the molecule is O=S(=O)(NCCc1ccc2ncoc2c1)c1ccc(F)cc1. The molecule has 0 spiro atoms. The lowest BCUT2D eigenvalue weighted by Crippen LogP contribution is -2.26. The summed E-state index contributed by atoms with van der Waals surface area (Å²) >= 11 is 0. The summed E-state index contributed by atoms with van der Waals surface area (Å²) in [6.45, 7) is 0.235. The first-order chi connectivity index (χ1) is 10.5. The van der Waals surface area contributed by atoms with E-state index in [0.29, 0.717) is 12.0 Å². The molecule has 0 fully saturated rings. The average Bonchev–Trinajstić information content (AvgIpc) is 2.95. The molecule has 5 nitrogen and oxygen atoms in total. The molecule has 7 heteroatoms. The molecule has 1 heterocycles. The van der Waals surface area contributed by atoms with Gasteiger partial charge in [-0.3, -0.25) is 0 Å². The van der Waals surface area contributed by atoms with Gasteiger partial charge in [-0.25, -0.2) is 22.5 Å². The Hall–Kier alpha value is -2.25. The molecule has 0 radical (unpaired) electrons. The van der Waals surface area contributed by atoms with Gasteiger partial charge >= 0.3 is 0 Å². The normalized spacial score (nSPS) is 11.9. The lowest BCUT2D eigenvalue weighted by Gasteiger charge is -2.06. The molecule has 0 bridgehead atoms. The molecule has 0 aliphatic heterocycles. The van der Waals surface area contributed by atoms with Crippen molar-refractivity contribution in [2.45, 2.75) is 11.3 Å². The van der Waals surface area contributed by atoms with Crippen LogP contribution >= 0.6 is 0 Å². The third kappa shape index (κ3) is 3.15. The first kappa shape index (κ1) is 14.7. The highest BCUT2D eigenvalue weighted by Gasteiger charge is 2.13. The van der Waals surface area contributed by atoms with Crippen molar-refractivity contribution in [2.24, 2.45) is 0 Å². The van der Waals surface area contributed by atoms with Crippen LogP contribution in [0.4, 0.5) is 4.39 Å². The van der Waals surface area contributed by atoms with E-state index < -0.39 is 15.8 Å². The number of benzene rings is 2. The molecule has 0 saturated carbocycles. The van der Waals surface area contributed by atoms with Crippen molar-refractivity contribution in [3.63, 3.8) is 0 Å². The van der Waals surface area contributed by atoms with Crippen molar-refractivity contribution in [3.05, 3.63) is 60.2 Å². The Bertz CT molecular complexity index is 889. The van der Waals surface area contributed by atoms with Crippen LogP contribution in [0.2, 0.25) is 0 Å². The van der Waals surface area contributed by atoms with E-state index in [1.165, 1.54) is 18.5 Å². The Morgan fingerprint density at radius 1 is 1.14 bits per heavy atom. The maximum absolute atomic E-state index is 12.8. The number of aromatic nitrogens is 1. The minimum Gasteiger partial charge on any atom is -0.443 e. The van der Waals surface area contributed by atoms with E-state index in [-0.39, 0.29) is 11.4 Å². The van der Waals surface area contributed by atoms with Gasteiger partial charge in [0.15, 0.2) is 12.0 Å². The van der Waals surface area contributed by atoms with E-state index in [0.717, 1.165) is 23.2 Å². The summed E-state index contributed by atoms with van der Waals surface area (Å²) in [4.78, 5) is 4.06. The largest absolute Gasteiger partial charge is 0.443 e. The summed E-state index contributed by atoms with van der Waals surface area (Å²) in [6, 6.07) is 10.2. The molecule has 3 aromatic rings. The Morgan fingerprint density at radius 2 is 1.91 bits per heavy atom. The Kier molecular flexibility index (Phi) is 3.91. The highest BCUT2D eigenvalue weighted by atomic mass is 32.2. The van der Waals surface area contributed by atoms with Crippen molar-refractivity contribution in [3.8, 4) is 0 Å². The average molecular weight is 320 g/mol. The molecule has 1 N–H and O–H groups in total. The predicted molar refractivity (Wildman–Crippen MR) is 79.3 cm³/mol. The molecule has 0 amide bonds. The van der Waals surface area contributed by atoms with Crippen molar-refractivity contribution in [2.75, 3.05) is 6.54 Å². The third-order valence-electron chi connectivity index (χ3n) is 3.23. The highest BCUT2D eigenvalue weighted by Crippen LogP contribution is 2.15. The molecule has 0 unspecified atom stereocenters. The van der Waals surface area contributed by atoms with Crippen molar-refractivity contribution in [1.29, 1.82) is 0 Å². The van der Waals surface area contributed by atoms with Crippen molar-refractivity contribution in [1.82, 2.24) is 9.71 Å². The molecule has 2 aromatic carbocycles. The van der Waals surface area contributed by atoms with E-state index in [9.17, 15) is 12.8 Å². The van der Waals surface area contributed by atoms with Crippen LogP contribution in [0.3, 0.4) is 0 Å². The van der Waals surface area contributed by atoms with E-state index in [4.69, 9.17) is 4.42 Å². The number of halogens is 1. The zero-order valence-corrected chi connectivity index (χ0v) is 12.3. The van der Waals surface area contributed by atoms with E-state index in [1.54, 1.807) is 0 Å². The lowest BCUT2D eigenvalue weighted by molar-refractivity contribution is 0.580. The first-order valence-electron chi connectivity index (χ1n) is 6.62. The topological polar surface area (TPSA) is 72.2 Å². The zero-order chi connectivity index (χ0) is 15.6. The Morgan fingerprint density at radius 3 is 2.68 bits per heavy atom. The summed E-state index contributed by atoms with van der Waals surface area (Å²) < 4.78 is 44.6. The van der Waals surface area contributed by atoms with Crippen molar-refractivity contribution >= 4 is 21.1 Å². The second kappa shape index (κ2) is 5.86. The third-order valence-corrected chi connectivity index (χ3v) is 4.70. The van der Waals surface area contributed by atoms with Crippen LogP contribution in [-0.4, -0.2) is 19.9 Å². The lowest BCUT2D eigenvalue weighted by atomic mass is 10.1. The number of oxazole rings is 1. The first-order valence-corrected chi connectivity index (χ1v) is 8.10. The van der Waals surface area contributed by atoms with Gasteiger partial charge in [-0.15, -0.1) is 0 Å². The summed E-state index contributed by atoms with van der Waals surface area (Å²) in [7, 11) is -3.63. The second-order valence-corrected chi connectivity index (χ2v) is 6.52. The van der Waals surface area contributed by atoms with Crippen LogP contribution in [0, 0.1) is 5.82 Å². The van der Waals surface area contributed by atoms with Crippen LogP contribution in [0.15, 0.2) is 58.2 Å². The van der Waals surface area contributed by atoms with E-state index >= 15 is 0 Å². The molecular weight excluding hydrogens is 307 g/mol. The highest BCUT2D eigenvalue weighted by molar-refractivity contribution is 7.89. The maximum atomic E-state index is 12.8. The second-order valence-electron chi connectivity index (χ2n) is 4.76. The van der Waals surface area contributed by atoms with Gasteiger partial charge in [0.25, 0.3) is 0 Å². The number of sulfonamides is 1. The quantitative estimate of drug-likeness (QED) is 0.784. The monoisotopic (exact) mass is 320 g/mol. The molecule has 3 rings (SSSR count). The molecule has 0 aliphatic rings. The fourth-order valence-corrected chi connectivity index (χ4v) is 3.11. The molecule has 1 aromatic heterocycles. The van der Waals surface area contributed by atoms with Gasteiger partial charge < -0.3 is 4.42 Å². The van der Waals surface area contributed by atoms with Gasteiger partial charge in [0.1, 0.15) is 11.3 Å². The molecule has 22 heavy (non-hydrogen) atoms. The van der Waals surface area contributed by atoms with Crippen LogP contribution in [-0.2, 0) is 16.4 Å². The summed E-state index contributed by atoms with van der Waals surface area (Å²) in [5, 5.41) is 0. The maximum Gasteiger partial charge on any atom is 0.240 e. The van der Waals surface area contributed by atoms with Gasteiger partial charge in [-0.2, -0.15) is 0 Å². The van der Waals surface area contributed by atoms with E-state index in [2.05, 4.69) is 9.71 Å². The van der Waals surface area contributed by atoms with Gasteiger partial charge in [0.05, 0.1) is 4.90 Å². The number of hydrogen-bond acceptors (Lipinski definition) is 4.